The number of carbonyl (C=O) groups excluding carboxylic acids is 1. The van der Waals surface area contributed by atoms with Crippen LogP contribution in [0.25, 0.3) is 0 Å². The smallest absolute Gasteiger partial charge is 0.274 e. The summed E-state index contributed by atoms with van der Waals surface area (Å²) in [5.74, 6) is 0.747. The van der Waals surface area contributed by atoms with Crippen molar-refractivity contribution in [3.63, 3.8) is 0 Å². The average molecular weight is 260 g/mol. The fraction of sp³-hybridized carbons (Fsp3) is 0.714. The largest absolute Gasteiger partial charge is 0.333 e. The molecule has 0 unspecified atom stereocenters. The lowest BCUT2D eigenvalue weighted by atomic mass is 10.0. The molecule has 5 nitrogen and oxygen atoms in total. The van der Waals surface area contributed by atoms with Crippen molar-refractivity contribution in [2.24, 2.45) is 0 Å². The molecule has 1 amide bonds. The predicted octanol–water partition coefficient (Wildman–Crippen LogP) is 1.21. The van der Waals surface area contributed by atoms with Crippen molar-refractivity contribution in [1.82, 2.24) is 20.0 Å². The molecule has 3 saturated heterocycles. The van der Waals surface area contributed by atoms with Gasteiger partial charge in [-0.15, -0.1) is 0 Å². The van der Waals surface area contributed by atoms with Crippen molar-refractivity contribution in [2.45, 2.75) is 37.6 Å². The van der Waals surface area contributed by atoms with E-state index in [0.29, 0.717) is 17.7 Å². The van der Waals surface area contributed by atoms with Gasteiger partial charge in [0.25, 0.3) is 5.91 Å². The summed E-state index contributed by atoms with van der Waals surface area (Å²) in [6.07, 6.45) is 4.70. The van der Waals surface area contributed by atoms with Crippen LogP contribution in [-0.4, -0.2) is 58.1 Å². The number of piperidine rings is 1. The van der Waals surface area contributed by atoms with Gasteiger partial charge in [0.1, 0.15) is 5.69 Å². The molecule has 1 N–H and O–H groups in total. The lowest BCUT2D eigenvalue weighted by Gasteiger charge is -2.30. The average Bonchev–Trinajstić information content (AvgIpc) is 3.23. The highest BCUT2D eigenvalue weighted by molar-refractivity contribution is 5.92. The van der Waals surface area contributed by atoms with Gasteiger partial charge in [0, 0.05) is 43.8 Å². The van der Waals surface area contributed by atoms with E-state index in [9.17, 15) is 4.79 Å². The van der Waals surface area contributed by atoms with E-state index in [1.165, 1.54) is 12.8 Å². The molecule has 5 rings (SSSR count). The van der Waals surface area contributed by atoms with E-state index in [2.05, 4.69) is 20.0 Å². The second-order valence-corrected chi connectivity index (χ2v) is 6.05. The van der Waals surface area contributed by atoms with Crippen LogP contribution in [0, 0.1) is 0 Å². The number of aromatic nitrogens is 2. The van der Waals surface area contributed by atoms with E-state index in [1.54, 1.807) is 0 Å². The number of nitrogens with zero attached hydrogens (tertiary/aromatic N) is 3. The van der Waals surface area contributed by atoms with E-state index in [1.807, 2.05) is 6.07 Å². The molecule has 5 heteroatoms. The van der Waals surface area contributed by atoms with Crippen molar-refractivity contribution in [3.8, 4) is 0 Å². The predicted molar refractivity (Wildman–Crippen MR) is 71.1 cm³/mol. The summed E-state index contributed by atoms with van der Waals surface area (Å²) in [7, 11) is 0. The maximum absolute atomic E-state index is 12.6. The number of hydrogen-bond acceptors (Lipinski definition) is 3. The first-order valence-corrected chi connectivity index (χ1v) is 7.40. The highest BCUT2D eigenvalue weighted by atomic mass is 16.2. The molecule has 4 fully saturated rings. The standard InChI is InChI=1S/C14H20N4O/c19-14(13-9-12(15-16-13)10-1-2-10)18-8-7-17-5-3-11(18)4-6-17/h9-11H,1-8H2,(H,15,16). The van der Waals surface area contributed by atoms with Crippen molar-refractivity contribution >= 4 is 5.91 Å². The van der Waals surface area contributed by atoms with Gasteiger partial charge in [0.2, 0.25) is 0 Å². The van der Waals surface area contributed by atoms with Gasteiger partial charge in [-0.1, -0.05) is 0 Å². The number of aromatic amines is 1. The summed E-state index contributed by atoms with van der Waals surface area (Å²) in [6.45, 7) is 4.15. The first-order chi connectivity index (χ1) is 9.31. The van der Waals surface area contributed by atoms with Crippen LogP contribution in [0.3, 0.4) is 0 Å². The fourth-order valence-electron chi connectivity index (χ4n) is 3.35. The molecule has 1 saturated carbocycles. The minimum Gasteiger partial charge on any atom is -0.333 e. The highest BCUT2D eigenvalue weighted by Crippen LogP contribution is 2.39. The van der Waals surface area contributed by atoms with Gasteiger partial charge in [-0.05, 0) is 31.7 Å². The van der Waals surface area contributed by atoms with Crippen LogP contribution in [0.1, 0.15) is 47.8 Å². The van der Waals surface area contributed by atoms with Crippen LogP contribution in [0.5, 0.6) is 0 Å². The molecule has 102 valence electrons. The molecule has 4 heterocycles. The highest BCUT2D eigenvalue weighted by Gasteiger charge is 2.34. The molecule has 2 bridgehead atoms. The van der Waals surface area contributed by atoms with Crippen molar-refractivity contribution in [2.75, 3.05) is 26.2 Å². The van der Waals surface area contributed by atoms with Crippen LogP contribution < -0.4 is 0 Å². The quantitative estimate of drug-likeness (QED) is 0.869. The van der Waals surface area contributed by atoms with Gasteiger partial charge in [-0.2, -0.15) is 5.10 Å². The molecule has 0 aromatic carbocycles. The van der Waals surface area contributed by atoms with Crippen molar-refractivity contribution in [3.05, 3.63) is 17.5 Å². The third kappa shape index (κ3) is 2.06. The van der Waals surface area contributed by atoms with Crippen LogP contribution >= 0.6 is 0 Å². The Kier molecular flexibility index (Phi) is 2.62. The number of nitrogens with one attached hydrogen (secondary N) is 1. The molecule has 0 radical (unpaired) electrons. The molecule has 1 aliphatic carbocycles. The third-order valence-corrected chi connectivity index (χ3v) is 4.75. The Balaban J connectivity index is 1.54. The first kappa shape index (κ1) is 11.5. The van der Waals surface area contributed by atoms with E-state index in [0.717, 1.165) is 44.7 Å². The SMILES string of the molecule is O=C(c1cc(C2CC2)[nH]n1)N1CCN2CCC1CC2. The summed E-state index contributed by atoms with van der Waals surface area (Å²) >= 11 is 0. The topological polar surface area (TPSA) is 52.2 Å². The van der Waals surface area contributed by atoms with Gasteiger partial charge in [-0.3, -0.25) is 9.89 Å². The van der Waals surface area contributed by atoms with E-state index < -0.39 is 0 Å². The molecule has 1 aromatic rings. The Bertz CT molecular complexity index is 485. The number of rotatable bonds is 2. The number of amides is 1. The summed E-state index contributed by atoms with van der Waals surface area (Å²) in [5.41, 5.74) is 1.76. The Labute approximate surface area is 113 Å². The second-order valence-electron chi connectivity index (χ2n) is 6.05. The molecule has 4 aliphatic rings. The van der Waals surface area contributed by atoms with Crippen molar-refractivity contribution in [1.29, 1.82) is 0 Å². The molecule has 0 atom stereocenters. The Morgan fingerprint density at radius 1 is 1.16 bits per heavy atom. The zero-order valence-electron chi connectivity index (χ0n) is 11.1. The van der Waals surface area contributed by atoms with Crippen LogP contribution in [0.15, 0.2) is 6.07 Å². The fourth-order valence-corrected chi connectivity index (χ4v) is 3.35. The zero-order valence-corrected chi connectivity index (χ0v) is 11.1. The van der Waals surface area contributed by atoms with Gasteiger partial charge in [-0.25, -0.2) is 0 Å². The van der Waals surface area contributed by atoms with Crippen molar-refractivity contribution < 1.29 is 4.79 Å². The van der Waals surface area contributed by atoms with E-state index in [4.69, 9.17) is 0 Å². The van der Waals surface area contributed by atoms with Crippen LogP contribution in [0.4, 0.5) is 0 Å². The maximum atomic E-state index is 12.6. The summed E-state index contributed by atoms with van der Waals surface area (Å²) in [5, 5.41) is 7.27. The van der Waals surface area contributed by atoms with E-state index in [-0.39, 0.29) is 5.91 Å². The molecule has 0 spiro atoms. The van der Waals surface area contributed by atoms with Crippen LogP contribution in [0.2, 0.25) is 0 Å². The molecule has 1 aromatic heterocycles. The van der Waals surface area contributed by atoms with Gasteiger partial charge in [0.05, 0.1) is 0 Å². The molecular formula is C14H20N4O. The van der Waals surface area contributed by atoms with Gasteiger partial charge in [0.15, 0.2) is 0 Å². The molecule has 3 aliphatic heterocycles. The van der Waals surface area contributed by atoms with E-state index >= 15 is 0 Å². The van der Waals surface area contributed by atoms with Gasteiger partial charge < -0.3 is 9.80 Å². The monoisotopic (exact) mass is 260 g/mol. The number of H-pyrrole nitrogens is 1. The maximum Gasteiger partial charge on any atom is 0.274 e. The number of fused-ring (bicyclic) bond motifs is 4. The van der Waals surface area contributed by atoms with Crippen LogP contribution in [-0.2, 0) is 0 Å². The third-order valence-electron chi connectivity index (χ3n) is 4.75. The number of hydrogen-bond donors (Lipinski definition) is 1. The zero-order chi connectivity index (χ0) is 12.8. The second kappa shape index (κ2) is 4.34. The summed E-state index contributed by atoms with van der Waals surface area (Å²) in [4.78, 5) is 17.1. The normalized spacial score (nSPS) is 30.4. The lowest BCUT2D eigenvalue weighted by molar-refractivity contribution is 0.0679. The Morgan fingerprint density at radius 3 is 2.68 bits per heavy atom. The lowest BCUT2D eigenvalue weighted by Crippen LogP contribution is -2.41. The Hall–Kier alpha value is -1.36. The summed E-state index contributed by atoms with van der Waals surface area (Å²) < 4.78 is 0. The molecule has 19 heavy (non-hydrogen) atoms. The van der Waals surface area contributed by atoms with Gasteiger partial charge >= 0.3 is 0 Å². The summed E-state index contributed by atoms with van der Waals surface area (Å²) in [6, 6.07) is 2.39. The Morgan fingerprint density at radius 2 is 1.95 bits per heavy atom. The first-order valence-electron chi connectivity index (χ1n) is 7.40. The minimum atomic E-state index is 0.122. The molecular weight excluding hydrogens is 240 g/mol. The minimum absolute atomic E-state index is 0.122. The number of carbonyl (C=O) groups is 1.